The van der Waals surface area contributed by atoms with Crippen LogP contribution in [0.1, 0.15) is 55.5 Å². The van der Waals surface area contributed by atoms with Crippen LogP contribution in [-0.2, 0) is 4.79 Å². The van der Waals surface area contributed by atoms with Crippen LogP contribution in [0, 0.1) is 29.6 Å². The quantitative estimate of drug-likeness (QED) is 0.722. The molecule has 156 valence electrons. The van der Waals surface area contributed by atoms with Gasteiger partial charge in [0.05, 0.1) is 11.3 Å². The summed E-state index contributed by atoms with van der Waals surface area (Å²) >= 11 is 0. The predicted octanol–water partition coefficient (Wildman–Crippen LogP) is 3.32. The highest BCUT2D eigenvalue weighted by Gasteiger charge is 2.38. The molecule has 2 aliphatic carbocycles. The minimum atomic E-state index is 0.109. The zero-order valence-corrected chi connectivity index (χ0v) is 17.7. The molecule has 31 heavy (non-hydrogen) atoms. The van der Waals surface area contributed by atoms with Crippen LogP contribution in [-0.4, -0.2) is 46.5 Å². The van der Waals surface area contributed by atoms with Gasteiger partial charge in [-0.1, -0.05) is 5.92 Å². The molecular formula is C25H25N5O. The molecule has 1 atom stereocenters. The summed E-state index contributed by atoms with van der Waals surface area (Å²) in [7, 11) is 0. The molecule has 1 saturated heterocycles. The lowest BCUT2D eigenvalue weighted by Gasteiger charge is -2.41. The monoisotopic (exact) mass is 411 g/mol. The van der Waals surface area contributed by atoms with Crippen molar-refractivity contribution in [3.05, 3.63) is 41.3 Å². The maximum atomic E-state index is 12.6. The third-order valence-electron chi connectivity index (χ3n) is 6.47. The topological polar surface area (TPSA) is 73.1 Å². The van der Waals surface area contributed by atoms with E-state index in [-0.39, 0.29) is 17.9 Å². The Balaban J connectivity index is 1.48. The van der Waals surface area contributed by atoms with Crippen molar-refractivity contribution in [3.8, 4) is 29.5 Å². The first-order valence-electron chi connectivity index (χ1n) is 11.0. The van der Waals surface area contributed by atoms with Crippen molar-refractivity contribution in [2.24, 2.45) is 5.92 Å². The van der Waals surface area contributed by atoms with Crippen LogP contribution in [0.25, 0.3) is 11.1 Å². The number of carbonyl (C=O) groups is 1. The maximum Gasteiger partial charge on any atom is 0.226 e. The average Bonchev–Trinajstić information content (AvgIpc) is 3.71. The van der Waals surface area contributed by atoms with Gasteiger partial charge in [-0.2, -0.15) is 5.26 Å². The number of anilines is 1. The summed E-state index contributed by atoms with van der Waals surface area (Å²) < 4.78 is 0. The standard InChI is InChI=1S/C25H25N5O/c1-3-21-12-19(8-9-27-21)22-13-20(14-26)24(28-23(22)17-4-5-17)29-10-11-30(16(2)15-29)25(31)18-6-7-18/h1,8-9,12-13,16-18H,4-7,10-11,15H2,2H3. The molecule has 1 amide bonds. The Kier molecular flexibility index (Phi) is 4.87. The van der Waals surface area contributed by atoms with Crippen molar-refractivity contribution in [2.45, 2.75) is 44.6 Å². The molecular weight excluding hydrogens is 386 g/mol. The van der Waals surface area contributed by atoms with E-state index in [2.05, 4.69) is 28.8 Å². The van der Waals surface area contributed by atoms with E-state index in [1.54, 1.807) is 6.20 Å². The van der Waals surface area contributed by atoms with Crippen molar-refractivity contribution < 1.29 is 4.79 Å². The van der Waals surface area contributed by atoms with E-state index in [9.17, 15) is 10.1 Å². The number of carbonyl (C=O) groups excluding carboxylic acids is 1. The Labute approximate surface area is 182 Å². The van der Waals surface area contributed by atoms with E-state index in [4.69, 9.17) is 11.4 Å². The molecule has 0 N–H and O–H groups in total. The molecule has 0 bridgehead atoms. The first kappa shape index (κ1) is 19.6. The molecule has 6 heteroatoms. The fourth-order valence-electron chi connectivity index (χ4n) is 4.46. The van der Waals surface area contributed by atoms with E-state index >= 15 is 0 Å². The number of pyridine rings is 2. The molecule has 3 fully saturated rings. The van der Waals surface area contributed by atoms with Gasteiger partial charge in [0.25, 0.3) is 0 Å². The van der Waals surface area contributed by atoms with Gasteiger partial charge < -0.3 is 9.80 Å². The van der Waals surface area contributed by atoms with Gasteiger partial charge in [-0.25, -0.2) is 9.97 Å². The number of rotatable bonds is 4. The highest BCUT2D eigenvalue weighted by molar-refractivity contribution is 5.81. The zero-order chi connectivity index (χ0) is 21.5. The van der Waals surface area contributed by atoms with Gasteiger partial charge in [0.2, 0.25) is 5.91 Å². The first-order valence-corrected chi connectivity index (χ1v) is 11.0. The first-order chi connectivity index (χ1) is 15.1. The fraction of sp³-hybridized carbons (Fsp3) is 0.440. The molecule has 0 radical (unpaired) electrons. The second-order valence-electron chi connectivity index (χ2n) is 8.85. The number of piperazine rings is 1. The number of amides is 1. The van der Waals surface area contributed by atoms with E-state index in [1.165, 1.54) is 0 Å². The van der Waals surface area contributed by atoms with Crippen LogP contribution in [0.4, 0.5) is 5.82 Å². The van der Waals surface area contributed by atoms with Crippen molar-refractivity contribution in [3.63, 3.8) is 0 Å². The van der Waals surface area contributed by atoms with Gasteiger partial charge in [0.1, 0.15) is 17.6 Å². The summed E-state index contributed by atoms with van der Waals surface area (Å²) in [6, 6.07) is 8.23. The van der Waals surface area contributed by atoms with Gasteiger partial charge in [-0.05, 0) is 56.4 Å². The summed E-state index contributed by atoms with van der Waals surface area (Å²) in [5.41, 5.74) is 4.10. The van der Waals surface area contributed by atoms with Crippen LogP contribution < -0.4 is 4.90 Å². The minimum absolute atomic E-state index is 0.109. The third kappa shape index (κ3) is 3.75. The van der Waals surface area contributed by atoms with Crippen molar-refractivity contribution >= 4 is 11.7 Å². The van der Waals surface area contributed by atoms with Crippen LogP contribution in [0.15, 0.2) is 24.4 Å². The second-order valence-corrected chi connectivity index (χ2v) is 8.85. The van der Waals surface area contributed by atoms with Gasteiger partial charge in [-0.15, -0.1) is 6.42 Å². The lowest BCUT2D eigenvalue weighted by Crippen LogP contribution is -2.54. The third-order valence-corrected chi connectivity index (χ3v) is 6.47. The summed E-state index contributed by atoms with van der Waals surface area (Å²) in [6.45, 7) is 4.16. The molecule has 2 saturated carbocycles. The molecule has 3 heterocycles. The summed E-state index contributed by atoms with van der Waals surface area (Å²) in [5, 5.41) is 9.93. The Bertz CT molecular complexity index is 1120. The Morgan fingerprint density at radius 3 is 2.68 bits per heavy atom. The summed E-state index contributed by atoms with van der Waals surface area (Å²) in [6.07, 6.45) is 11.5. The lowest BCUT2D eigenvalue weighted by atomic mass is 9.99. The molecule has 1 aliphatic heterocycles. The van der Waals surface area contributed by atoms with Gasteiger partial charge in [-0.3, -0.25) is 4.79 Å². The highest BCUT2D eigenvalue weighted by Crippen LogP contribution is 2.45. The second kappa shape index (κ2) is 7.71. The molecule has 2 aromatic rings. The minimum Gasteiger partial charge on any atom is -0.352 e. The van der Waals surface area contributed by atoms with Crippen molar-refractivity contribution in [1.29, 1.82) is 5.26 Å². The van der Waals surface area contributed by atoms with E-state index in [0.29, 0.717) is 36.8 Å². The lowest BCUT2D eigenvalue weighted by molar-refractivity contribution is -0.134. The normalized spacial score (nSPS) is 20.8. The van der Waals surface area contributed by atoms with Crippen LogP contribution in [0.2, 0.25) is 0 Å². The van der Waals surface area contributed by atoms with Crippen LogP contribution in [0.3, 0.4) is 0 Å². The molecule has 5 rings (SSSR count). The number of hydrogen-bond donors (Lipinski definition) is 0. The molecule has 0 spiro atoms. The summed E-state index contributed by atoms with van der Waals surface area (Å²) in [4.78, 5) is 26.0. The number of nitriles is 1. The van der Waals surface area contributed by atoms with Gasteiger partial charge >= 0.3 is 0 Å². The van der Waals surface area contributed by atoms with Crippen LogP contribution in [0.5, 0.6) is 0 Å². The molecule has 2 aromatic heterocycles. The van der Waals surface area contributed by atoms with Gasteiger partial charge in [0.15, 0.2) is 0 Å². The van der Waals surface area contributed by atoms with Crippen molar-refractivity contribution in [1.82, 2.24) is 14.9 Å². The molecule has 6 nitrogen and oxygen atoms in total. The maximum absolute atomic E-state index is 12.6. The number of aromatic nitrogens is 2. The average molecular weight is 412 g/mol. The van der Waals surface area contributed by atoms with E-state index in [0.717, 1.165) is 48.3 Å². The Morgan fingerprint density at radius 2 is 2.03 bits per heavy atom. The number of nitrogens with zero attached hydrogens (tertiary/aromatic N) is 5. The molecule has 1 unspecified atom stereocenters. The SMILES string of the molecule is C#Cc1cc(-c2cc(C#N)c(N3CCN(C(=O)C4CC4)C(C)C3)nc2C2CC2)ccn1. The Hall–Kier alpha value is -3.38. The summed E-state index contributed by atoms with van der Waals surface area (Å²) in [5.74, 6) is 4.26. The Morgan fingerprint density at radius 1 is 1.23 bits per heavy atom. The smallest absolute Gasteiger partial charge is 0.226 e. The molecule has 0 aromatic carbocycles. The van der Waals surface area contributed by atoms with E-state index in [1.807, 2.05) is 23.1 Å². The predicted molar refractivity (Wildman–Crippen MR) is 118 cm³/mol. The molecule has 3 aliphatic rings. The van der Waals surface area contributed by atoms with Gasteiger partial charge in [0, 0.05) is 49.3 Å². The van der Waals surface area contributed by atoms with Crippen LogP contribution >= 0.6 is 0 Å². The largest absolute Gasteiger partial charge is 0.352 e. The highest BCUT2D eigenvalue weighted by atomic mass is 16.2. The van der Waals surface area contributed by atoms with Crippen molar-refractivity contribution in [2.75, 3.05) is 24.5 Å². The zero-order valence-electron chi connectivity index (χ0n) is 17.7. The number of hydrogen-bond acceptors (Lipinski definition) is 5. The van der Waals surface area contributed by atoms with E-state index < -0.39 is 0 Å². The number of terminal acetylenes is 1. The fourth-order valence-corrected chi connectivity index (χ4v) is 4.46.